The van der Waals surface area contributed by atoms with Gasteiger partial charge in [0.25, 0.3) is 0 Å². The van der Waals surface area contributed by atoms with Gasteiger partial charge in [0, 0.05) is 31.7 Å². The molecule has 104 valence electrons. The van der Waals surface area contributed by atoms with Gasteiger partial charge in [0.05, 0.1) is 0 Å². The zero-order valence-corrected chi connectivity index (χ0v) is 12.5. The first-order valence-corrected chi connectivity index (χ1v) is 7.69. The quantitative estimate of drug-likeness (QED) is 0.804. The molecule has 0 unspecified atom stereocenters. The zero-order chi connectivity index (χ0) is 13.4. The summed E-state index contributed by atoms with van der Waals surface area (Å²) in [5, 5.41) is 0. The van der Waals surface area contributed by atoms with Gasteiger partial charge < -0.3 is 0 Å². The van der Waals surface area contributed by atoms with Gasteiger partial charge in [-0.2, -0.15) is 0 Å². The maximum Gasteiger partial charge on any atom is 0.0250 e. The number of hydrogen-bond acceptors (Lipinski definition) is 2. The number of benzene rings is 1. The Morgan fingerprint density at radius 3 is 2.84 bits per heavy atom. The lowest BCUT2D eigenvalue weighted by atomic mass is 10.00. The van der Waals surface area contributed by atoms with Crippen LogP contribution in [0.4, 0.5) is 0 Å². The molecular formula is C17H26N2. The molecule has 0 N–H and O–H groups in total. The van der Waals surface area contributed by atoms with Crippen LogP contribution in [0.5, 0.6) is 0 Å². The third-order valence-electron chi connectivity index (χ3n) is 5.10. The summed E-state index contributed by atoms with van der Waals surface area (Å²) in [5.74, 6) is 0. The predicted molar refractivity (Wildman–Crippen MR) is 80.4 cm³/mol. The molecule has 2 heterocycles. The Bertz CT molecular complexity index is 455. The average molecular weight is 258 g/mol. The minimum absolute atomic E-state index is 0.705. The summed E-state index contributed by atoms with van der Waals surface area (Å²) in [6.07, 6.45) is 2.79. The lowest BCUT2D eigenvalue weighted by Gasteiger charge is -2.43. The first kappa shape index (κ1) is 13.1. The molecule has 2 atom stereocenters. The van der Waals surface area contributed by atoms with E-state index in [0.29, 0.717) is 6.04 Å². The second kappa shape index (κ2) is 5.26. The van der Waals surface area contributed by atoms with E-state index in [2.05, 4.69) is 48.8 Å². The summed E-state index contributed by atoms with van der Waals surface area (Å²) in [7, 11) is 0. The number of rotatable bonds is 2. The second-order valence-corrected chi connectivity index (χ2v) is 6.39. The van der Waals surface area contributed by atoms with Crippen LogP contribution in [-0.4, -0.2) is 41.5 Å². The SMILES string of the molecule is Cc1ccc(C)c(CN2CCN3CCC[C@H]3[C@@H]2C)c1. The van der Waals surface area contributed by atoms with Crippen LogP contribution in [0.15, 0.2) is 18.2 Å². The van der Waals surface area contributed by atoms with Crippen molar-refractivity contribution in [2.24, 2.45) is 0 Å². The van der Waals surface area contributed by atoms with Crippen molar-refractivity contribution in [3.63, 3.8) is 0 Å². The molecule has 2 heteroatoms. The van der Waals surface area contributed by atoms with Gasteiger partial charge in [0.15, 0.2) is 0 Å². The molecule has 2 aliphatic heterocycles. The topological polar surface area (TPSA) is 6.48 Å². The van der Waals surface area contributed by atoms with E-state index < -0.39 is 0 Å². The molecule has 0 amide bonds. The smallest absolute Gasteiger partial charge is 0.0250 e. The van der Waals surface area contributed by atoms with E-state index in [0.717, 1.165) is 12.6 Å². The van der Waals surface area contributed by atoms with Crippen LogP contribution in [-0.2, 0) is 6.54 Å². The van der Waals surface area contributed by atoms with Crippen molar-refractivity contribution in [1.82, 2.24) is 9.80 Å². The van der Waals surface area contributed by atoms with E-state index in [-0.39, 0.29) is 0 Å². The van der Waals surface area contributed by atoms with Crippen LogP contribution in [0, 0.1) is 13.8 Å². The maximum atomic E-state index is 2.70. The normalized spacial score (nSPS) is 28.6. The van der Waals surface area contributed by atoms with Crippen LogP contribution < -0.4 is 0 Å². The Labute approximate surface area is 117 Å². The van der Waals surface area contributed by atoms with Crippen LogP contribution >= 0.6 is 0 Å². The van der Waals surface area contributed by atoms with Crippen molar-refractivity contribution in [2.75, 3.05) is 19.6 Å². The highest BCUT2D eigenvalue weighted by Gasteiger charge is 2.36. The van der Waals surface area contributed by atoms with E-state index in [4.69, 9.17) is 0 Å². The molecule has 2 nitrogen and oxygen atoms in total. The van der Waals surface area contributed by atoms with Gasteiger partial charge in [-0.15, -0.1) is 0 Å². The Kier molecular flexibility index (Phi) is 3.64. The fourth-order valence-corrected chi connectivity index (χ4v) is 3.79. The van der Waals surface area contributed by atoms with Crippen molar-refractivity contribution in [3.05, 3.63) is 34.9 Å². The lowest BCUT2D eigenvalue weighted by molar-refractivity contribution is 0.0469. The number of hydrogen-bond donors (Lipinski definition) is 0. The first-order valence-electron chi connectivity index (χ1n) is 7.69. The van der Waals surface area contributed by atoms with Gasteiger partial charge >= 0.3 is 0 Å². The molecule has 0 radical (unpaired) electrons. The zero-order valence-electron chi connectivity index (χ0n) is 12.5. The highest BCUT2D eigenvalue weighted by Crippen LogP contribution is 2.28. The largest absolute Gasteiger partial charge is 0.298 e. The van der Waals surface area contributed by atoms with Crippen LogP contribution in [0.3, 0.4) is 0 Å². The molecule has 1 aromatic carbocycles. The number of fused-ring (bicyclic) bond motifs is 1. The second-order valence-electron chi connectivity index (χ2n) is 6.39. The summed E-state index contributed by atoms with van der Waals surface area (Å²) in [6.45, 7) is 11.8. The summed E-state index contributed by atoms with van der Waals surface area (Å²) in [4.78, 5) is 5.39. The molecule has 2 saturated heterocycles. The van der Waals surface area contributed by atoms with Gasteiger partial charge in [0.2, 0.25) is 0 Å². The van der Waals surface area contributed by atoms with E-state index in [1.165, 1.54) is 49.2 Å². The van der Waals surface area contributed by atoms with E-state index >= 15 is 0 Å². The fraction of sp³-hybridized carbons (Fsp3) is 0.647. The molecule has 0 aliphatic carbocycles. The Balaban J connectivity index is 1.74. The number of nitrogens with zero attached hydrogens (tertiary/aromatic N) is 2. The van der Waals surface area contributed by atoms with Gasteiger partial charge in [0.1, 0.15) is 0 Å². The van der Waals surface area contributed by atoms with Gasteiger partial charge in [-0.05, 0) is 51.3 Å². The summed E-state index contributed by atoms with van der Waals surface area (Å²) in [6, 6.07) is 8.36. The molecule has 0 spiro atoms. The minimum atomic E-state index is 0.705. The maximum absolute atomic E-state index is 2.70. The molecule has 0 bridgehead atoms. The summed E-state index contributed by atoms with van der Waals surface area (Å²) < 4.78 is 0. The fourth-order valence-electron chi connectivity index (χ4n) is 3.79. The average Bonchev–Trinajstić information content (AvgIpc) is 2.86. The highest BCUT2D eigenvalue weighted by atomic mass is 15.3. The van der Waals surface area contributed by atoms with Crippen molar-refractivity contribution < 1.29 is 0 Å². The van der Waals surface area contributed by atoms with Gasteiger partial charge in [-0.1, -0.05) is 23.8 Å². The number of piperazine rings is 1. The minimum Gasteiger partial charge on any atom is -0.298 e. The number of aryl methyl sites for hydroxylation is 2. The van der Waals surface area contributed by atoms with E-state index in [9.17, 15) is 0 Å². The van der Waals surface area contributed by atoms with Crippen molar-refractivity contribution in [3.8, 4) is 0 Å². The van der Waals surface area contributed by atoms with E-state index in [1.54, 1.807) is 0 Å². The molecule has 0 saturated carbocycles. The monoisotopic (exact) mass is 258 g/mol. The summed E-state index contributed by atoms with van der Waals surface area (Å²) in [5.41, 5.74) is 4.33. The highest BCUT2D eigenvalue weighted by molar-refractivity contribution is 5.30. The van der Waals surface area contributed by atoms with Gasteiger partial charge in [-0.3, -0.25) is 9.80 Å². The first-order chi connectivity index (χ1) is 9.15. The van der Waals surface area contributed by atoms with Crippen LogP contribution in [0.25, 0.3) is 0 Å². The van der Waals surface area contributed by atoms with Crippen LogP contribution in [0.2, 0.25) is 0 Å². The molecular weight excluding hydrogens is 232 g/mol. The Hall–Kier alpha value is -0.860. The third-order valence-corrected chi connectivity index (χ3v) is 5.10. The summed E-state index contributed by atoms with van der Waals surface area (Å²) >= 11 is 0. The molecule has 3 rings (SSSR count). The molecule has 19 heavy (non-hydrogen) atoms. The molecule has 0 aromatic heterocycles. The Morgan fingerprint density at radius 1 is 1.16 bits per heavy atom. The van der Waals surface area contributed by atoms with Crippen LogP contribution in [0.1, 0.15) is 36.5 Å². The van der Waals surface area contributed by atoms with E-state index in [1.807, 2.05) is 0 Å². The van der Waals surface area contributed by atoms with Crippen molar-refractivity contribution in [1.29, 1.82) is 0 Å². The Morgan fingerprint density at radius 2 is 2.00 bits per heavy atom. The molecule has 1 aromatic rings. The standard InChI is InChI=1S/C17H26N2/c1-13-6-7-14(2)16(11-13)12-19-10-9-18-8-4-5-17(18)15(19)3/h6-7,11,15,17H,4-5,8-10,12H2,1-3H3/t15-,17-/m0/s1. The van der Waals surface area contributed by atoms with Crippen molar-refractivity contribution >= 4 is 0 Å². The third kappa shape index (κ3) is 2.56. The molecule has 2 aliphatic rings. The molecule has 2 fully saturated rings. The lowest BCUT2D eigenvalue weighted by Crippen LogP contribution is -2.55. The van der Waals surface area contributed by atoms with Gasteiger partial charge in [-0.25, -0.2) is 0 Å². The predicted octanol–water partition coefficient (Wildman–Crippen LogP) is 2.97. The van der Waals surface area contributed by atoms with Crippen molar-refractivity contribution in [2.45, 2.75) is 52.2 Å².